The van der Waals surface area contributed by atoms with Crippen molar-refractivity contribution in [3.05, 3.63) is 59.7 Å². The molecular formula is C27H39N3O5S. The predicted molar refractivity (Wildman–Crippen MR) is 144 cm³/mol. The molecule has 0 radical (unpaired) electrons. The Morgan fingerprint density at radius 3 is 2.36 bits per heavy atom. The van der Waals surface area contributed by atoms with Crippen LogP contribution in [0.5, 0.6) is 5.75 Å². The van der Waals surface area contributed by atoms with Gasteiger partial charge in [-0.3, -0.25) is 13.9 Å². The quantitative estimate of drug-likeness (QED) is 0.384. The van der Waals surface area contributed by atoms with Crippen molar-refractivity contribution in [2.45, 2.75) is 59.0 Å². The molecule has 0 aliphatic carbocycles. The highest BCUT2D eigenvalue weighted by Gasteiger charge is 2.26. The number of sulfonamides is 1. The number of carbonyl (C=O) groups excluding carboxylic acids is 2. The van der Waals surface area contributed by atoms with E-state index in [4.69, 9.17) is 4.74 Å². The van der Waals surface area contributed by atoms with Gasteiger partial charge in [-0.05, 0) is 56.5 Å². The number of amides is 2. The lowest BCUT2D eigenvalue weighted by atomic mass is 10.1. The fraction of sp³-hybridized carbons (Fsp3) is 0.481. The largest absolute Gasteiger partial charge is 0.497 e. The van der Waals surface area contributed by atoms with Crippen LogP contribution in [0.1, 0.15) is 50.7 Å². The zero-order valence-electron chi connectivity index (χ0n) is 22.0. The van der Waals surface area contributed by atoms with Crippen LogP contribution < -0.4 is 14.4 Å². The SMILES string of the molecule is CCCCNC(=O)[C@@H](C)N(Cc1cccc(C)c1)C(=O)CCCN(c1ccc(OC)cc1)S(C)(=O)=O. The molecule has 2 amide bonds. The molecular weight excluding hydrogens is 478 g/mol. The maximum absolute atomic E-state index is 13.3. The van der Waals surface area contributed by atoms with Crippen molar-refractivity contribution in [2.24, 2.45) is 0 Å². The van der Waals surface area contributed by atoms with E-state index in [1.165, 1.54) is 4.31 Å². The molecule has 0 saturated heterocycles. The summed E-state index contributed by atoms with van der Waals surface area (Å²) in [4.78, 5) is 27.7. The highest BCUT2D eigenvalue weighted by Crippen LogP contribution is 2.22. The van der Waals surface area contributed by atoms with E-state index in [0.29, 0.717) is 30.9 Å². The Balaban J connectivity index is 2.14. The van der Waals surface area contributed by atoms with Crippen molar-refractivity contribution in [3.63, 3.8) is 0 Å². The number of aryl methyl sites for hydroxylation is 1. The molecule has 0 aromatic heterocycles. The van der Waals surface area contributed by atoms with Crippen molar-refractivity contribution in [1.82, 2.24) is 10.2 Å². The number of methoxy groups -OCH3 is 1. The van der Waals surface area contributed by atoms with Crippen LogP contribution in [-0.4, -0.2) is 57.6 Å². The molecule has 0 aliphatic rings. The van der Waals surface area contributed by atoms with E-state index in [2.05, 4.69) is 12.2 Å². The van der Waals surface area contributed by atoms with Gasteiger partial charge in [-0.2, -0.15) is 0 Å². The van der Waals surface area contributed by atoms with Crippen molar-refractivity contribution in [2.75, 3.05) is 30.8 Å². The van der Waals surface area contributed by atoms with Crippen LogP contribution >= 0.6 is 0 Å². The number of nitrogens with one attached hydrogen (secondary N) is 1. The normalized spacial score (nSPS) is 12.0. The Morgan fingerprint density at radius 2 is 1.78 bits per heavy atom. The molecule has 8 nitrogen and oxygen atoms in total. The summed E-state index contributed by atoms with van der Waals surface area (Å²) in [6, 6.07) is 13.9. The third-order valence-electron chi connectivity index (χ3n) is 5.94. The summed E-state index contributed by atoms with van der Waals surface area (Å²) in [7, 11) is -2.00. The fourth-order valence-corrected chi connectivity index (χ4v) is 4.84. The number of rotatable bonds is 14. The number of unbranched alkanes of at least 4 members (excludes halogenated alkanes) is 1. The number of anilines is 1. The first-order valence-corrected chi connectivity index (χ1v) is 14.2. The topological polar surface area (TPSA) is 96.0 Å². The van der Waals surface area contributed by atoms with Crippen LogP contribution in [0, 0.1) is 6.92 Å². The van der Waals surface area contributed by atoms with E-state index in [-0.39, 0.29) is 24.8 Å². The van der Waals surface area contributed by atoms with Gasteiger partial charge in [-0.25, -0.2) is 8.42 Å². The number of ether oxygens (including phenoxy) is 1. The van der Waals surface area contributed by atoms with Crippen molar-refractivity contribution in [1.29, 1.82) is 0 Å². The first kappa shape index (κ1) is 29.2. The van der Waals surface area contributed by atoms with Gasteiger partial charge in [-0.15, -0.1) is 0 Å². The van der Waals surface area contributed by atoms with Crippen LogP contribution in [-0.2, 0) is 26.2 Å². The highest BCUT2D eigenvalue weighted by molar-refractivity contribution is 7.92. The number of hydrogen-bond donors (Lipinski definition) is 1. The predicted octanol–water partition coefficient (Wildman–Crippen LogP) is 3.88. The molecule has 198 valence electrons. The van der Waals surface area contributed by atoms with Gasteiger partial charge in [0.2, 0.25) is 21.8 Å². The molecule has 0 saturated carbocycles. The van der Waals surface area contributed by atoms with E-state index in [9.17, 15) is 18.0 Å². The van der Waals surface area contributed by atoms with Gasteiger partial charge >= 0.3 is 0 Å². The van der Waals surface area contributed by atoms with Gasteiger partial charge in [0, 0.05) is 26.1 Å². The molecule has 0 bridgehead atoms. The van der Waals surface area contributed by atoms with Gasteiger partial charge in [0.25, 0.3) is 0 Å². The molecule has 0 spiro atoms. The highest BCUT2D eigenvalue weighted by atomic mass is 32.2. The molecule has 9 heteroatoms. The second kappa shape index (κ2) is 13.9. The summed E-state index contributed by atoms with van der Waals surface area (Å²) in [5, 5.41) is 2.91. The van der Waals surface area contributed by atoms with Gasteiger partial charge in [0.15, 0.2) is 0 Å². The van der Waals surface area contributed by atoms with Crippen molar-refractivity contribution in [3.8, 4) is 5.75 Å². The van der Waals surface area contributed by atoms with Gasteiger partial charge in [0.05, 0.1) is 19.1 Å². The van der Waals surface area contributed by atoms with E-state index < -0.39 is 16.1 Å². The number of nitrogens with zero attached hydrogens (tertiary/aromatic N) is 2. The van der Waals surface area contributed by atoms with Crippen LogP contribution in [0.2, 0.25) is 0 Å². The van der Waals surface area contributed by atoms with Crippen molar-refractivity contribution < 1.29 is 22.7 Å². The van der Waals surface area contributed by atoms with Crippen LogP contribution in [0.4, 0.5) is 5.69 Å². The molecule has 36 heavy (non-hydrogen) atoms. The number of carbonyl (C=O) groups is 2. The minimum absolute atomic E-state index is 0.112. The summed E-state index contributed by atoms with van der Waals surface area (Å²) in [5.41, 5.74) is 2.52. The third-order valence-corrected chi connectivity index (χ3v) is 7.14. The molecule has 0 heterocycles. The average Bonchev–Trinajstić information content (AvgIpc) is 2.84. The molecule has 2 aromatic rings. The Morgan fingerprint density at radius 1 is 1.08 bits per heavy atom. The summed E-state index contributed by atoms with van der Waals surface area (Å²) < 4.78 is 31.3. The average molecular weight is 518 g/mol. The van der Waals surface area contributed by atoms with Crippen LogP contribution in [0.15, 0.2) is 48.5 Å². The first-order valence-electron chi connectivity index (χ1n) is 12.3. The van der Waals surface area contributed by atoms with Gasteiger partial charge < -0.3 is 15.0 Å². The smallest absolute Gasteiger partial charge is 0.242 e. The maximum Gasteiger partial charge on any atom is 0.242 e. The lowest BCUT2D eigenvalue weighted by molar-refractivity contribution is -0.140. The van der Waals surface area contributed by atoms with Crippen LogP contribution in [0.25, 0.3) is 0 Å². The molecule has 0 fully saturated rings. The standard InChI is InChI=1S/C27H39N3O5S/c1-6-7-17-28-27(32)22(3)29(20-23-11-8-10-21(2)19-23)26(31)12-9-18-30(36(5,33)34)24-13-15-25(35-4)16-14-24/h8,10-11,13-16,19,22H,6-7,9,12,17-18,20H2,1-5H3,(H,28,32)/t22-/m1/s1. The lowest BCUT2D eigenvalue weighted by Gasteiger charge is -2.29. The van der Waals surface area contributed by atoms with Gasteiger partial charge in [0.1, 0.15) is 11.8 Å². The lowest BCUT2D eigenvalue weighted by Crippen LogP contribution is -2.48. The molecule has 0 unspecified atom stereocenters. The molecule has 0 aliphatic heterocycles. The summed E-state index contributed by atoms with van der Waals surface area (Å²) in [6.07, 6.45) is 3.40. The third kappa shape index (κ3) is 8.86. The second-order valence-electron chi connectivity index (χ2n) is 8.97. The molecule has 1 atom stereocenters. The number of hydrogen-bond acceptors (Lipinski definition) is 5. The van der Waals surface area contributed by atoms with Crippen LogP contribution in [0.3, 0.4) is 0 Å². The maximum atomic E-state index is 13.3. The summed E-state index contributed by atoms with van der Waals surface area (Å²) in [5.74, 6) is 0.235. The minimum atomic E-state index is -3.55. The second-order valence-corrected chi connectivity index (χ2v) is 10.9. The minimum Gasteiger partial charge on any atom is -0.497 e. The van der Waals surface area contributed by atoms with E-state index in [1.807, 2.05) is 31.2 Å². The molecule has 2 rings (SSSR count). The van der Waals surface area contributed by atoms with E-state index in [0.717, 1.165) is 30.2 Å². The first-order chi connectivity index (χ1) is 17.1. The summed E-state index contributed by atoms with van der Waals surface area (Å²) >= 11 is 0. The van der Waals surface area contributed by atoms with Crippen molar-refractivity contribution >= 4 is 27.5 Å². The number of benzene rings is 2. The Kier molecular flexibility index (Phi) is 11.2. The Bertz CT molecular complexity index is 1100. The van der Waals surface area contributed by atoms with Gasteiger partial charge in [-0.1, -0.05) is 43.2 Å². The monoisotopic (exact) mass is 517 g/mol. The van der Waals surface area contributed by atoms with E-state index >= 15 is 0 Å². The molecule has 1 N–H and O–H groups in total. The fourth-order valence-electron chi connectivity index (χ4n) is 3.88. The zero-order chi connectivity index (χ0) is 26.7. The Labute approximate surface area is 215 Å². The van der Waals surface area contributed by atoms with E-state index in [1.54, 1.807) is 43.2 Å². The zero-order valence-corrected chi connectivity index (χ0v) is 22.8. The Hall–Kier alpha value is -3.07. The molecule has 2 aromatic carbocycles. The summed E-state index contributed by atoms with van der Waals surface area (Å²) in [6.45, 7) is 6.78.